The zero-order valence-corrected chi connectivity index (χ0v) is 38.1. The lowest BCUT2D eigenvalue weighted by atomic mass is 9.51. The van der Waals surface area contributed by atoms with Gasteiger partial charge in [-0.3, -0.25) is 10.1 Å². The predicted molar refractivity (Wildman–Crippen MR) is 249 cm³/mol. The average Bonchev–Trinajstić information content (AvgIpc) is 3.61. The maximum Gasteiger partial charge on any atom is 0.145 e. The number of aryl methyl sites for hydroxylation is 1. The van der Waals surface area contributed by atoms with Crippen molar-refractivity contribution in [3.8, 4) is 0 Å². The number of hydrogen-bond acceptors (Lipinski definition) is 9. The number of hydrogen-bond donors (Lipinski definition) is 7. The van der Waals surface area contributed by atoms with Crippen molar-refractivity contribution in [1.29, 1.82) is 0 Å². The molecule has 2 fully saturated rings. The number of fused-ring (bicyclic) bond motifs is 2. The highest BCUT2D eigenvalue weighted by Gasteiger charge is 2.65. The minimum Gasteiger partial charge on any atom is -0.396 e. The maximum absolute atomic E-state index is 12.6. The molecule has 2 aliphatic carbocycles. The standard InChI is InChI=1S/C53H76N2O7/c1-37(13-10-18-43(36-58)47-25-27-53(49(47)59)48(19-12-31-56)45(39(3)35-57)24-26-52(53,61)28-30-54-5)44-22-20-38(2)50(60)55-51(4,29-32-62-6)34-41-16-11-17-42(33-41)46(44)23-21-40-14-8-7-9-15-40/h7-11,13-18,20,33,35,44,46-50,54-56,58-61H,1,12,19,21-32,34,36H2,2-6H3/b13-10+,38-20+,43-18-,45-39-/t44-,46+,47+,48+,49-,50-,51+,52+,53-/m1/s1. The van der Waals surface area contributed by atoms with Crippen molar-refractivity contribution in [3.63, 3.8) is 0 Å². The number of methoxy groups -OCH3 is 1. The molecule has 2 bridgehead atoms. The Labute approximate surface area is 371 Å². The third kappa shape index (κ3) is 11.4. The SMILES string of the molecule is C=C(/C=C/C=C(/CO)[C@@H]1CC[C@]2([C@@H]1O)[C@@H](CCCO)/C(=C(/C)C=O)CC[C@]2(O)CCNC)[C@H]1C/C=C(\C)[C@@H](O)N[C@@](C)(CCOC)Cc2cccc(c2)[C@@H]1CCc1ccccc1. The molecule has 0 amide bonds. The van der Waals surface area contributed by atoms with Crippen LogP contribution >= 0.6 is 0 Å². The molecule has 340 valence electrons. The molecule has 9 atom stereocenters. The Morgan fingerprint density at radius 3 is 2.52 bits per heavy atom. The Balaban J connectivity index is 1.51. The predicted octanol–water partition coefficient (Wildman–Crippen LogP) is 7.44. The van der Waals surface area contributed by atoms with E-state index in [0.29, 0.717) is 75.7 Å². The van der Waals surface area contributed by atoms with Gasteiger partial charge in [-0.25, -0.2) is 0 Å². The molecular formula is C53H76N2O7. The Morgan fingerprint density at radius 2 is 1.82 bits per heavy atom. The van der Waals surface area contributed by atoms with Crippen molar-refractivity contribution in [2.75, 3.05) is 40.5 Å². The zero-order chi connectivity index (χ0) is 44.9. The molecule has 3 aliphatic rings. The quantitative estimate of drug-likeness (QED) is 0.0352. The number of allylic oxidation sites excluding steroid dienone is 7. The highest BCUT2D eigenvalue weighted by Crippen LogP contribution is 2.64. The van der Waals surface area contributed by atoms with Crippen molar-refractivity contribution in [3.05, 3.63) is 130 Å². The van der Waals surface area contributed by atoms with Crippen LogP contribution in [-0.4, -0.2) is 95.8 Å². The molecule has 9 heteroatoms. The molecule has 1 spiro atoms. The Kier molecular flexibility index (Phi) is 18.3. The van der Waals surface area contributed by atoms with Gasteiger partial charge in [-0.05, 0) is 163 Å². The molecule has 7 N–H and O–H groups in total. The fourth-order valence-corrected chi connectivity index (χ4v) is 11.3. The van der Waals surface area contributed by atoms with E-state index >= 15 is 0 Å². The van der Waals surface area contributed by atoms with Crippen LogP contribution in [0.3, 0.4) is 0 Å². The number of aliphatic hydroxyl groups excluding tert-OH is 4. The number of nitrogens with one attached hydrogen (secondary N) is 2. The highest BCUT2D eigenvalue weighted by atomic mass is 16.5. The molecule has 0 saturated heterocycles. The first-order valence-corrected chi connectivity index (χ1v) is 23.0. The highest BCUT2D eigenvalue weighted by molar-refractivity contribution is 5.74. The summed E-state index contributed by atoms with van der Waals surface area (Å²) in [6, 6.07) is 19.4. The van der Waals surface area contributed by atoms with Crippen LogP contribution in [0.1, 0.15) is 108 Å². The maximum atomic E-state index is 12.6. The third-order valence-electron chi connectivity index (χ3n) is 14.9. The average molecular weight is 853 g/mol. The van der Waals surface area contributed by atoms with Crippen LogP contribution in [0.2, 0.25) is 0 Å². The van der Waals surface area contributed by atoms with E-state index in [1.54, 1.807) is 7.11 Å². The lowest BCUT2D eigenvalue weighted by Gasteiger charge is -2.57. The topological polar surface area (TPSA) is 152 Å². The van der Waals surface area contributed by atoms with E-state index in [2.05, 4.69) is 78.7 Å². The van der Waals surface area contributed by atoms with Crippen molar-refractivity contribution in [2.24, 2.45) is 23.2 Å². The number of ether oxygens (including phenoxy) is 1. The number of benzene rings is 2. The molecule has 0 aromatic heterocycles. The molecule has 9 nitrogen and oxygen atoms in total. The summed E-state index contributed by atoms with van der Waals surface area (Å²) >= 11 is 0. The Hall–Kier alpha value is -3.51. The van der Waals surface area contributed by atoms with Gasteiger partial charge in [0.15, 0.2) is 0 Å². The number of carbonyl (C=O) groups excluding carboxylic acids is 1. The van der Waals surface area contributed by atoms with Crippen LogP contribution in [0.25, 0.3) is 0 Å². The van der Waals surface area contributed by atoms with E-state index in [0.717, 1.165) is 48.7 Å². The minimum atomic E-state index is -1.21. The number of aldehydes is 1. The summed E-state index contributed by atoms with van der Waals surface area (Å²) in [5.41, 5.74) is 5.21. The van der Waals surface area contributed by atoms with Crippen LogP contribution in [-0.2, 0) is 22.4 Å². The Bertz CT molecular complexity index is 1910. The zero-order valence-electron chi connectivity index (χ0n) is 38.1. The van der Waals surface area contributed by atoms with Crippen LogP contribution in [0.4, 0.5) is 0 Å². The normalized spacial score (nSPS) is 32.5. The molecule has 2 aromatic carbocycles. The van der Waals surface area contributed by atoms with Crippen molar-refractivity contribution >= 4 is 6.29 Å². The van der Waals surface area contributed by atoms with Crippen LogP contribution in [0.5, 0.6) is 0 Å². The fraction of sp³-hybridized carbons (Fsp3) is 0.566. The molecule has 62 heavy (non-hydrogen) atoms. The molecule has 1 aliphatic heterocycles. The lowest BCUT2D eigenvalue weighted by molar-refractivity contribution is -0.180. The summed E-state index contributed by atoms with van der Waals surface area (Å²) < 4.78 is 5.48. The van der Waals surface area contributed by atoms with Gasteiger partial charge in [-0.2, -0.15) is 0 Å². The Morgan fingerprint density at radius 1 is 1.05 bits per heavy atom. The molecule has 2 aromatic rings. The van der Waals surface area contributed by atoms with Crippen LogP contribution in [0.15, 0.2) is 113 Å². The lowest BCUT2D eigenvalue weighted by Crippen LogP contribution is -2.61. The third-order valence-corrected chi connectivity index (χ3v) is 14.9. The summed E-state index contributed by atoms with van der Waals surface area (Å²) in [6.07, 6.45) is 14.5. The van der Waals surface area contributed by atoms with Crippen LogP contribution in [0, 0.1) is 23.2 Å². The summed E-state index contributed by atoms with van der Waals surface area (Å²) in [5.74, 6) is -0.606. The second kappa shape index (κ2) is 22.9. The first-order valence-electron chi connectivity index (χ1n) is 23.0. The molecular weight excluding hydrogens is 777 g/mol. The van der Waals surface area contributed by atoms with E-state index in [1.165, 1.54) is 16.7 Å². The van der Waals surface area contributed by atoms with E-state index in [-0.39, 0.29) is 31.0 Å². The summed E-state index contributed by atoms with van der Waals surface area (Å²) in [6.45, 7) is 11.5. The van der Waals surface area contributed by atoms with E-state index in [4.69, 9.17) is 4.74 Å². The molecule has 0 radical (unpaired) electrons. The smallest absolute Gasteiger partial charge is 0.145 e. The van der Waals surface area contributed by atoms with Gasteiger partial charge in [0.25, 0.3) is 0 Å². The van der Waals surface area contributed by atoms with Crippen LogP contribution < -0.4 is 10.6 Å². The first-order chi connectivity index (χ1) is 29.8. The number of rotatable bonds is 18. The van der Waals surface area contributed by atoms with E-state index < -0.39 is 34.8 Å². The summed E-state index contributed by atoms with van der Waals surface area (Å²) in [7, 11) is 3.56. The second-order valence-corrected chi connectivity index (χ2v) is 18.8. The van der Waals surface area contributed by atoms with Gasteiger partial charge >= 0.3 is 0 Å². The summed E-state index contributed by atoms with van der Waals surface area (Å²) in [4.78, 5) is 12.2. The molecule has 5 rings (SSSR count). The van der Waals surface area contributed by atoms with Crippen molar-refractivity contribution in [1.82, 2.24) is 10.6 Å². The van der Waals surface area contributed by atoms with Gasteiger partial charge < -0.3 is 35.6 Å². The monoisotopic (exact) mass is 853 g/mol. The van der Waals surface area contributed by atoms with Gasteiger partial charge in [0.2, 0.25) is 0 Å². The minimum absolute atomic E-state index is 0.0130. The number of carbonyl (C=O) groups is 1. The van der Waals surface area contributed by atoms with Gasteiger partial charge in [0.1, 0.15) is 12.5 Å². The van der Waals surface area contributed by atoms with Gasteiger partial charge in [-0.15, -0.1) is 0 Å². The second-order valence-electron chi connectivity index (χ2n) is 18.8. The molecule has 2 saturated carbocycles. The number of aliphatic hydroxyl groups is 5. The first kappa shape index (κ1) is 49.5. The van der Waals surface area contributed by atoms with Crippen molar-refractivity contribution in [2.45, 2.75) is 127 Å². The van der Waals surface area contributed by atoms with Gasteiger partial charge in [-0.1, -0.05) is 96.6 Å². The van der Waals surface area contributed by atoms with Crippen molar-refractivity contribution < 1.29 is 35.1 Å². The largest absolute Gasteiger partial charge is 0.396 e. The van der Waals surface area contributed by atoms with E-state index in [9.17, 15) is 30.3 Å². The van der Waals surface area contributed by atoms with E-state index in [1.807, 2.05) is 45.2 Å². The summed E-state index contributed by atoms with van der Waals surface area (Å²) in [5, 5.41) is 64.3. The molecule has 1 heterocycles. The fourth-order valence-electron chi connectivity index (χ4n) is 11.3. The molecule has 0 unspecified atom stereocenters. The van der Waals surface area contributed by atoms with Gasteiger partial charge in [0, 0.05) is 37.2 Å². The van der Waals surface area contributed by atoms with Gasteiger partial charge in [0.05, 0.1) is 18.3 Å².